The number of hydrogen-bond donors (Lipinski definition) is 2. The molecule has 0 amide bonds. The van der Waals surface area contributed by atoms with Crippen LogP contribution >= 0.6 is 0 Å². The van der Waals surface area contributed by atoms with Crippen LogP contribution in [0.2, 0.25) is 0 Å². The van der Waals surface area contributed by atoms with Gasteiger partial charge in [-0.15, -0.1) is 0 Å². The first-order chi connectivity index (χ1) is 9.92. The smallest absolute Gasteiger partial charge is 0.241 e. The van der Waals surface area contributed by atoms with Crippen molar-refractivity contribution in [1.82, 2.24) is 14.7 Å². The SMILES string of the molecule is Cc1cnc(CNS(=O)(=O)c2cc(CO)ccc2C)cn1. The molecule has 0 fully saturated rings. The predicted molar refractivity (Wildman–Crippen MR) is 77.9 cm³/mol. The van der Waals surface area contributed by atoms with E-state index in [1.165, 1.54) is 12.3 Å². The Morgan fingerprint density at radius 3 is 2.57 bits per heavy atom. The molecule has 0 saturated carbocycles. The summed E-state index contributed by atoms with van der Waals surface area (Å²) < 4.78 is 27.1. The lowest BCUT2D eigenvalue weighted by Gasteiger charge is -2.10. The van der Waals surface area contributed by atoms with Crippen LogP contribution in [-0.2, 0) is 23.2 Å². The zero-order valence-corrected chi connectivity index (χ0v) is 12.7. The molecule has 2 N–H and O–H groups in total. The third-order valence-electron chi connectivity index (χ3n) is 3.00. The minimum absolute atomic E-state index is 0.0679. The molecule has 0 atom stereocenters. The fraction of sp³-hybridized carbons (Fsp3) is 0.286. The van der Waals surface area contributed by atoms with E-state index in [1.807, 2.05) is 6.92 Å². The second kappa shape index (κ2) is 6.30. The monoisotopic (exact) mass is 307 g/mol. The van der Waals surface area contributed by atoms with Crippen molar-refractivity contribution >= 4 is 10.0 Å². The standard InChI is InChI=1S/C14H17N3O3S/c1-10-3-4-12(9-18)5-14(10)21(19,20)17-8-13-7-15-11(2)6-16-13/h3-7,17-18H,8-9H2,1-2H3. The van der Waals surface area contributed by atoms with Crippen molar-refractivity contribution in [2.24, 2.45) is 0 Å². The number of sulfonamides is 1. The molecule has 0 aliphatic heterocycles. The summed E-state index contributed by atoms with van der Waals surface area (Å²) in [6.45, 7) is 3.39. The van der Waals surface area contributed by atoms with Gasteiger partial charge in [0.05, 0.1) is 35.6 Å². The van der Waals surface area contributed by atoms with Crippen molar-refractivity contribution in [1.29, 1.82) is 0 Å². The maximum absolute atomic E-state index is 12.3. The zero-order valence-electron chi connectivity index (χ0n) is 11.9. The third kappa shape index (κ3) is 3.84. The van der Waals surface area contributed by atoms with Crippen LogP contribution in [0.4, 0.5) is 0 Å². The zero-order chi connectivity index (χ0) is 15.5. The maximum Gasteiger partial charge on any atom is 0.241 e. The van der Waals surface area contributed by atoms with Crippen LogP contribution in [0.1, 0.15) is 22.5 Å². The topological polar surface area (TPSA) is 92.2 Å². The number of hydrogen-bond acceptors (Lipinski definition) is 5. The lowest BCUT2D eigenvalue weighted by atomic mass is 10.2. The van der Waals surface area contributed by atoms with Gasteiger partial charge < -0.3 is 5.11 Å². The number of aryl methyl sites for hydroxylation is 2. The summed E-state index contributed by atoms with van der Waals surface area (Å²) in [4.78, 5) is 8.33. The van der Waals surface area contributed by atoms with Gasteiger partial charge in [-0.05, 0) is 31.0 Å². The van der Waals surface area contributed by atoms with Crippen molar-refractivity contribution in [2.75, 3.05) is 0 Å². The van der Waals surface area contributed by atoms with Crippen LogP contribution in [0.25, 0.3) is 0 Å². The molecule has 0 aliphatic rings. The first-order valence-electron chi connectivity index (χ1n) is 6.40. The molecule has 21 heavy (non-hydrogen) atoms. The van der Waals surface area contributed by atoms with Gasteiger partial charge in [0, 0.05) is 6.20 Å². The highest BCUT2D eigenvalue weighted by atomic mass is 32.2. The molecular formula is C14H17N3O3S. The van der Waals surface area contributed by atoms with Crippen molar-refractivity contribution in [3.8, 4) is 0 Å². The first-order valence-corrected chi connectivity index (χ1v) is 7.88. The van der Waals surface area contributed by atoms with Crippen LogP contribution in [0.15, 0.2) is 35.5 Å². The molecule has 0 aliphatic carbocycles. The molecule has 112 valence electrons. The van der Waals surface area contributed by atoms with E-state index in [2.05, 4.69) is 14.7 Å². The van der Waals surface area contributed by atoms with Gasteiger partial charge in [-0.1, -0.05) is 12.1 Å². The van der Waals surface area contributed by atoms with Crippen molar-refractivity contribution < 1.29 is 13.5 Å². The Bertz CT molecular complexity index is 728. The van der Waals surface area contributed by atoms with Crippen LogP contribution < -0.4 is 4.72 Å². The van der Waals surface area contributed by atoms with E-state index in [4.69, 9.17) is 5.11 Å². The molecule has 7 heteroatoms. The van der Waals surface area contributed by atoms with Gasteiger partial charge in [0.15, 0.2) is 0 Å². The normalized spacial score (nSPS) is 11.6. The van der Waals surface area contributed by atoms with Crippen LogP contribution in [0, 0.1) is 13.8 Å². The Labute approximate surface area is 123 Å². The molecule has 0 saturated heterocycles. The predicted octanol–water partition coefficient (Wildman–Crippen LogP) is 1.06. The molecule has 1 aromatic heterocycles. The first kappa shape index (κ1) is 15.6. The molecule has 0 bridgehead atoms. The molecule has 1 heterocycles. The van der Waals surface area contributed by atoms with Crippen molar-refractivity contribution in [2.45, 2.75) is 31.9 Å². The van der Waals surface area contributed by atoms with Gasteiger partial charge in [-0.2, -0.15) is 0 Å². The summed E-state index contributed by atoms with van der Waals surface area (Å²) in [6, 6.07) is 4.84. The number of nitrogens with zero attached hydrogens (tertiary/aromatic N) is 2. The third-order valence-corrected chi connectivity index (χ3v) is 4.55. The van der Waals surface area contributed by atoms with E-state index in [1.54, 1.807) is 25.3 Å². The van der Waals surface area contributed by atoms with Crippen LogP contribution in [0.5, 0.6) is 0 Å². The van der Waals surface area contributed by atoms with E-state index < -0.39 is 10.0 Å². The highest BCUT2D eigenvalue weighted by molar-refractivity contribution is 7.89. The second-order valence-corrected chi connectivity index (χ2v) is 6.47. The second-order valence-electron chi connectivity index (χ2n) is 4.73. The van der Waals surface area contributed by atoms with Crippen molar-refractivity contribution in [3.05, 3.63) is 53.1 Å². The van der Waals surface area contributed by atoms with Crippen LogP contribution in [0.3, 0.4) is 0 Å². The molecule has 1 aromatic carbocycles. The fourth-order valence-corrected chi connectivity index (χ4v) is 3.08. The molecular weight excluding hydrogens is 290 g/mol. The summed E-state index contributed by atoms with van der Waals surface area (Å²) in [7, 11) is -3.66. The number of nitrogens with one attached hydrogen (secondary N) is 1. The lowest BCUT2D eigenvalue weighted by molar-refractivity contribution is 0.281. The summed E-state index contributed by atoms with van der Waals surface area (Å²) >= 11 is 0. The summed E-state index contributed by atoms with van der Waals surface area (Å²) in [5.74, 6) is 0. The Morgan fingerprint density at radius 2 is 1.95 bits per heavy atom. The molecule has 2 aromatic rings. The van der Waals surface area contributed by atoms with E-state index in [0.717, 1.165) is 5.69 Å². The Balaban J connectivity index is 2.20. The molecule has 0 unspecified atom stereocenters. The van der Waals surface area contributed by atoms with Gasteiger partial charge in [0.1, 0.15) is 0 Å². The maximum atomic E-state index is 12.3. The average molecular weight is 307 g/mol. The Hall–Kier alpha value is -1.83. The highest BCUT2D eigenvalue weighted by Crippen LogP contribution is 2.17. The van der Waals surface area contributed by atoms with E-state index in [0.29, 0.717) is 16.8 Å². The number of aliphatic hydroxyl groups is 1. The van der Waals surface area contributed by atoms with E-state index in [-0.39, 0.29) is 18.0 Å². The number of aliphatic hydroxyl groups excluding tert-OH is 1. The fourth-order valence-electron chi connectivity index (χ4n) is 1.79. The van der Waals surface area contributed by atoms with E-state index in [9.17, 15) is 8.42 Å². The lowest BCUT2D eigenvalue weighted by Crippen LogP contribution is -2.24. The molecule has 0 spiro atoms. The molecule has 2 rings (SSSR count). The van der Waals surface area contributed by atoms with Gasteiger partial charge in [0.2, 0.25) is 10.0 Å². The van der Waals surface area contributed by atoms with Gasteiger partial charge in [-0.25, -0.2) is 13.1 Å². The van der Waals surface area contributed by atoms with Crippen LogP contribution in [-0.4, -0.2) is 23.5 Å². The van der Waals surface area contributed by atoms with E-state index >= 15 is 0 Å². The molecule has 6 nitrogen and oxygen atoms in total. The summed E-state index contributed by atoms with van der Waals surface area (Å²) in [6.07, 6.45) is 3.12. The minimum Gasteiger partial charge on any atom is -0.392 e. The van der Waals surface area contributed by atoms with Gasteiger partial charge in [-0.3, -0.25) is 9.97 Å². The quantitative estimate of drug-likeness (QED) is 0.862. The number of aromatic nitrogens is 2. The number of rotatable bonds is 5. The number of benzene rings is 1. The van der Waals surface area contributed by atoms with Gasteiger partial charge in [0.25, 0.3) is 0 Å². The Kier molecular flexibility index (Phi) is 4.66. The minimum atomic E-state index is -3.66. The highest BCUT2D eigenvalue weighted by Gasteiger charge is 2.17. The summed E-state index contributed by atoms with van der Waals surface area (Å²) in [5.41, 5.74) is 2.49. The average Bonchev–Trinajstić information content (AvgIpc) is 2.47. The van der Waals surface area contributed by atoms with Crippen molar-refractivity contribution in [3.63, 3.8) is 0 Å². The summed E-state index contributed by atoms with van der Waals surface area (Å²) in [5, 5.41) is 9.12. The van der Waals surface area contributed by atoms with Gasteiger partial charge >= 0.3 is 0 Å². The molecule has 0 radical (unpaired) electrons. The largest absolute Gasteiger partial charge is 0.392 e. The Morgan fingerprint density at radius 1 is 1.19 bits per heavy atom.